The summed E-state index contributed by atoms with van der Waals surface area (Å²) < 4.78 is 0. The lowest BCUT2D eigenvalue weighted by Gasteiger charge is -2.16. The van der Waals surface area contributed by atoms with Crippen molar-refractivity contribution in [1.82, 2.24) is 5.32 Å². The van der Waals surface area contributed by atoms with Crippen LogP contribution in [-0.2, 0) is 0 Å². The molecule has 0 fully saturated rings. The zero-order valence-electron chi connectivity index (χ0n) is 9.96. The summed E-state index contributed by atoms with van der Waals surface area (Å²) in [5.41, 5.74) is 0. The van der Waals surface area contributed by atoms with Gasteiger partial charge in [-0.1, -0.05) is 45.6 Å². The zero-order valence-corrected chi connectivity index (χ0v) is 10.8. The second kappa shape index (κ2) is 7.89. The van der Waals surface area contributed by atoms with Crippen molar-refractivity contribution in [2.45, 2.75) is 52.0 Å². The predicted octanol–water partition coefficient (Wildman–Crippen LogP) is 4.37. The largest absolute Gasteiger partial charge is 0.310 e. The first-order valence-corrected chi connectivity index (χ1v) is 7.03. The molecule has 15 heavy (non-hydrogen) atoms. The van der Waals surface area contributed by atoms with Gasteiger partial charge in [-0.15, -0.1) is 11.3 Å². The SMILES string of the molecule is CCCCCCC(NCC)c1cccs1. The van der Waals surface area contributed by atoms with Crippen molar-refractivity contribution in [3.63, 3.8) is 0 Å². The molecule has 0 aromatic carbocycles. The lowest BCUT2D eigenvalue weighted by Crippen LogP contribution is -2.19. The van der Waals surface area contributed by atoms with E-state index in [1.165, 1.54) is 37.0 Å². The van der Waals surface area contributed by atoms with Gasteiger partial charge in [-0.3, -0.25) is 0 Å². The molecule has 0 aliphatic rings. The van der Waals surface area contributed by atoms with Gasteiger partial charge in [-0.25, -0.2) is 0 Å². The van der Waals surface area contributed by atoms with Crippen LogP contribution >= 0.6 is 11.3 Å². The van der Waals surface area contributed by atoms with E-state index >= 15 is 0 Å². The van der Waals surface area contributed by atoms with Gasteiger partial charge >= 0.3 is 0 Å². The molecule has 1 aromatic rings. The standard InChI is InChI=1S/C13H23NS/c1-3-5-6-7-9-12(14-4-2)13-10-8-11-15-13/h8,10-12,14H,3-7,9H2,1-2H3. The van der Waals surface area contributed by atoms with Gasteiger partial charge in [0.05, 0.1) is 0 Å². The minimum Gasteiger partial charge on any atom is -0.310 e. The van der Waals surface area contributed by atoms with Gasteiger partial charge in [-0.05, 0) is 24.4 Å². The van der Waals surface area contributed by atoms with Crippen LogP contribution in [0.5, 0.6) is 0 Å². The Morgan fingerprint density at radius 3 is 2.73 bits per heavy atom. The first kappa shape index (κ1) is 12.7. The fraction of sp³-hybridized carbons (Fsp3) is 0.692. The molecule has 0 saturated heterocycles. The molecule has 0 spiro atoms. The van der Waals surface area contributed by atoms with Crippen molar-refractivity contribution in [2.75, 3.05) is 6.54 Å². The van der Waals surface area contributed by atoms with Gasteiger partial charge in [0, 0.05) is 10.9 Å². The lowest BCUT2D eigenvalue weighted by atomic mass is 10.1. The molecule has 0 aliphatic heterocycles. The number of nitrogens with one attached hydrogen (secondary N) is 1. The predicted molar refractivity (Wildman–Crippen MR) is 69.5 cm³/mol. The Morgan fingerprint density at radius 1 is 1.27 bits per heavy atom. The summed E-state index contributed by atoms with van der Waals surface area (Å²) in [6.45, 7) is 5.52. The normalized spacial score (nSPS) is 12.9. The first-order chi connectivity index (χ1) is 7.38. The topological polar surface area (TPSA) is 12.0 Å². The molecular formula is C13H23NS. The molecule has 86 valence electrons. The zero-order chi connectivity index (χ0) is 10.9. The van der Waals surface area contributed by atoms with E-state index in [0.717, 1.165) is 6.54 Å². The van der Waals surface area contributed by atoms with Crippen LogP contribution in [0, 0.1) is 0 Å². The van der Waals surface area contributed by atoms with Gasteiger partial charge in [0.15, 0.2) is 0 Å². The molecule has 1 unspecified atom stereocenters. The summed E-state index contributed by atoms with van der Waals surface area (Å²) >= 11 is 1.87. The van der Waals surface area contributed by atoms with E-state index in [9.17, 15) is 0 Å². The molecule has 0 amide bonds. The maximum absolute atomic E-state index is 3.57. The van der Waals surface area contributed by atoms with E-state index in [4.69, 9.17) is 0 Å². The van der Waals surface area contributed by atoms with Crippen molar-refractivity contribution in [3.8, 4) is 0 Å². The highest BCUT2D eigenvalue weighted by Crippen LogP contribution is 2.24. The van der Waals surface area contributed by atoms with Crippen molar-refractivity contribution in [3.05, 3.63) is 22.4 Å². The number of hydrogen-bond donors (Lipinski definition) is 1. The highest BCUT2D eigenvalue weighted by atomic mass is 32.1. The molecule has 1 rings (SSSR count). The summed E-state index contributed by atoms with van der Waals surface area (Å²) in [5.74, 6) is 0. The molecule has 0 saturated carbocycles. The summed E-state index contributed by atoms with van der Waals surface area (Å²) in [6.07, 6.45) is 6.72. The summed E-state index contributed by atoms with van der Waals surface area (Å²) in [4.78, 5) is 1.49. The molecule has 1 heterocycles. The summed E-state index contributed by atoms with van der Waals surface area (Å²) in [5, 5.41) is 5.74. The molecule has 1 atom stereocenters. The third-order valence-electron chi connectivity index (χ3n) is 2.68. The smallest absolute Gasteiger partial charge is 0.0414 e. The van der Waals surface area contributed by atoms with E-state index in [0.29, 0.717) is 6.04 Å². The van der Waals surface area contributed by atoms with E-state index < -0.39 is 0 Å². The minimum absolute atomic E-state index is 0.590. The van der Waals surface area contributed by atoms with Gasteiger partial charge < -0.3 is 5.32 Å². The van der Waals surface area contributed by atoms with Crippen molar-refractivity contribution < 1.29 is 0 Å². The van der Waals surface area contributed by atoms with Gasteiger partial charge in [0.2, 0.25) is 0 Å². The molecule has 1 N–H and O–H groups in total. The van der Waals surface area contributed by atoms with Crippen LogP contribution in [0.15, 0.2) is 17.5 Å². The van der Waals surface area contributed by atoms with E-state index in [2.05, 4.69) is 36.7 Å². The van der Waals surface area contributed by atoms with Crippen LogP contribution in [0.3, 0.4) is 0 Å². The Morgan fingerprint density at radius 2 is 2.13 bits per heavy atom. The first-order valence-electron chi connectivity index (χ1n) is 6.15. The van der Waals surface area contributed by atoms with Crippen molar-refractivity contribution >= 4 is 11.3 Å². The Labute approximate surface area is 97.9 Å². The average Bonchev–Trinajstić information content (AvgIpc) is 2.76. The van der Waals surface area contributed by atoms with Crippen LogP contribution in [0.25, 0.3) is 0 Å². The van der Waals surface area contributed by atoms with Crippen LogP contribution in [0.2, 0.25) is 0 Å². The molecule has 0 bridgehead atoms. The maximum Gasteiger partial charge on any atom is 0.0414 e. The monoisotopic (exact) mass is 225 g/mol. The lowest BCUT2D eigenvalue weighted by molar-refractivity contribution is 0.488. The highest BCUT2D eigenvalue weighted by Gasteiger charge is 2.09. The molecule has 0 radical (unpaired) electrons. The fourth-order valence-electron chi connectivity index (χ4n) is 1.86. The van der Waals surface area contributed by atoms with Crippen LogP contribution in [0.1, 0.15) is 56.9 Å². The van der Waals surface area contributed by atoms with E-state index in [-0.39, 0.29) is 0 Å². The molecule has 1 aromatic heterocycles. The molecule has 0 aliphatic carbocycles. The van der Waals surface area contributed by atoms with Gasteiger partial charge in [-0.2, -0.15) is 0 Å². The van der Waals surface area contributed by atoms with Crippen molar-refractivity contribution in [2.24, 2.45) is 0 Å². The maximum atomic E-state index is 3.57. The van der Waals surface area contributed by atoms with Crippen molar-refractivity contribution in [1.29, 1.82) is 0 Å². The highest BCUT2D eigenvalue weighted by molar-refractivity contribution is 7.10. The minimum atomic E-state index is 0.590. The van der Waals surface area contributed by atoms with Gasteiger partial charge in [0.25, 0.3) is 0 Å². The number of unbranched alkanes of at least 4 members (excludes halogenated alkanes) is 3. The molecular weight excluding hydrogens is 202 g/mol. The van der Waals surface area contributed by atoms with E-state index in [1.54, 1.807) is 0 Å². The molecule has 1 nitrogen and oxygen atoms in total. The number of thiophene rings is 1. The second-order valence-corrected chi connectivity index (χ2v) is 4.95. The Hall–Kier alpha value is -0.340. The Kier molecular flexibility index (Phi) is 6.69. The van der Waals surface area contributed by atoms with Crippen LogP contribution < -0.4 is 5.32 Å². The third kappa shape index (κ3) is 4.80. The number of rotatable bonds is 8. The van der Waals surface area contributed by atoms with E-state index in [1.807, 2.05) is 11.3 Å². The summed E-state index contributed by atoms with van der Waals surface area (Å²) in [6, 6.07) is 4.99. The van der Waals surface area contributed by atoms with Crippen LogP contribution in [-0.4, -0.2) is 6.54 Å². The van der Waals surface area contributed by atoms with Crippen LogP contribution in [0.4, 0.5) is 0 Å². The molecule has 2 heteroatoms. The van der Waals surface area contributed by atoms with Gasteiger partial charge in [0.1, 0.15) is 0 Å². The summed E-state index contributed by atoms with van der Waals surface area (Å²) in [7, 11) is 0. The Balaban J connectivity index is 2.31. The fourth-order valence-corrected chi connectivity index (χ4v) is 2.69. The Bertz CT molecular complexity index is 231. The number of hydrogen-bond acceptors (Lipinski definition) is 2. The average molecular weight is 225 g/mol. The third-order valence-corrected chi connectivity index (χ3v) is 3.67. The quantitative estimate of drug-likeness (QED) is 0.648. The second-order valence-electron chi connectivity index (χ2n) is 3.98.